The van der Waals surface area contributed by atoms with E-state index >= 15 is 0 Å². The van der Waals surface area contributed by atoms with Crippen LogP contribution in [0.15, 0.2) is 97.1 Å². The molecule has 0 heterocycles. The van der Waals surface area contributed by atoms with Crippen molar-refractivity contribution in [3.05, 3.63) is 114 Å². The highest BCUT2D eigenvalue weighted by Gasteiger charge is 2.24. The van der Waals surface area contributed by atoms with Crippen molar-refractivity contribution in [3.8, 4) is 5.75 Å². The third-order valence-corrected chi connectivity index (χ3v) is 5.36. The van der Waals surface area contributed by atoms with Crippen LogP contribution in [0.25, 0.3) is 10.8 Å². The van der Waals surface area contributed by atoms with Crippen molar-refractivity contribution in [2.75, 3.05) is 7.11 Å². The molecule has 0 aliphatic heterocycles. The van der Waals surface area contributed by atoms with Gasteiger partial charge in [-0.15, -0.1) is 0 Å². The minimum Gasteiger partial charge on any atom is -0.497 e. The van der Waals surface area contributed by atoms with Gasteiger partial charge in [-0.2, -0.15) is 0 Å². The molecular formula is C27H24O3. The Morgan fingerprint density at radius 1 is 0.700 bits per heavy atom. The van der Waals surface area contributed by atoms with Crippen molar-refractivity contribution < 1.29 is 14.3 Å². The molecule has 0 saturated heterocycles. The normalized spacial score (nSPS) is 12.0. The van der Waals surface area contributed by atoms with E-state index in [0.29, 0.717) is 0 Å². The summed E-state index contributed by atoms with van der Waals surface area (Å²) in [4.78, 5) is 13.1. The maximum Gasteiger partial charge on any atom is 0.314 e. The highest BCUT2D eigenvalue weighted by molar-refractivity contribution is 5.87. The number of benzene rings is 4. The minimum atomic E-state index is -0.438. The monoisotopic (exact) mass is 396 g/mol. The van der Waals surface area contributed by atoms with Gasteiger partial charge in [0.05, 0.1) is 13.0 Å². The Balaban J connectivity index is 1.60. The van der Waals surface area contributed by atoms with E-state index in [1.54, 1.807) is 7.11 Å². The quantitative estimate of drug-likeness (QED) is 0.360. The summed E-state index contributed by atoms with van der Waals surface area (Å²) in [5.74, 6) is 0.184. The van der Waals surface area contributed by atoms with Gasteiger partial charge < -0.3 is 9.47 Å². The van der Waals surface area contributed by atoms with Crippen molar-refractivity contribution in [2.24, 2.45) is 0 Å². The molecule has 0 amide bonds. The Labute approximate surface area is 176 Å². The molecule has 0 N–H and O–H groups in total. The zero-order valence-electron chi connectivity index (χ0n) is 17.1. The van der Waals surface area contributed by atoms with E-state index in [1.807, 2.05) is 104 Å². The van der Waals surface area contributed by atoms with Crippen molar-refractivity contribution in [1.29, 1.82) is 0 Å². The van der Waals surface area contributed by atoms with Crippen LogP contribution in [0.2, 0.25) is 0 Å². The second-order valence-electron chi connectivity index (χ2n) is 7.33. The molecule has 1 atom stereocenters. The van der Waals surface area contributed by atoms with Gasteiger partial charge in [-0.05, 0) is 46.5 Å². The van der Waals surface area contributed by atoms with Crippen LogP contribution in [0.3, 0.4) is 0 Å². The molecule has 4 aromatic rings. The van der Waals surface area contributed by atoms with Gasteiger partial charge in [-0.25, -0.2) is 0 Å². The van der Waals surface area contributed by atoms with Gasteiger partial charge in [0.1, 0.15) is 5.75 Å². The Hall–Kier alpha value is -3.59. The Kier molecular flexibility index (Phi) is 5.80. The summed E-state index contributed by atoms with van der Waals surface area (Å²) >= 11 is 0. The van der Waals surface area contributed by atoms with E-state index in [-0.39, 0.29) is 11.9 Å². The van der Waals surface area contributed by atoms with Crippen LogP contribution < -0.4 is 4.74 Å². The van der Waals surface area contributed by atoms with Gasteiger partial charge in [-0.1, -0.05) is 84.9 Å². The van der Waals surface area contributed by atoms with E-state index in [0.717, 1.165) is 33.2 Å². The number of methoxy groups -OCH3 is 1. The maximum atomic E-state index is 13.1. The number of fused-ring (bicyclic) bond motifs is 1. The summed E-state index contributed by atoms with van der Waals surface area (Å²) in [7, 11) is 1.66. The number of hydrogen-bond donors (Lipinski definition) is 0. The Morgan fingerprint density at radius 3 is 1.87 bits per heavy atom. The fourth-order valence-electron chi connectivity index (χ4n) is 3.58. The second-order valence-corrected chi connectivity index (χ2v) is 7.33. The molecule has 4 aromatic carbocycles. The van der Waals surface area contributed by atoms with Gasteiger partial charge in [0.2, 0.25) is 0 Å². The molecule has 0 spiro atoms. The number of ether oxygens (including phenoxy) is 2. The third kappa shape index (κ3) is 4.20. The van der Waals surface area contributed by atoms with Gasteiger partial charge >= 0.3 is 5.97 Å². The first-order chi connectivity index (χ1) is 14.7. The van der Waals surface area contributed by atoms with Gasteiger partial charge in [0.25, 0.3) is 0 Å². The summed E-state index contributed by atoms with van der Waals surface area (Å²) in [6.07, 6.45) is -0.438. The molecule has 0 aliphatic carbocycles. The average Bonchev–Trinajstić information content (AvgIpc) is 2.82. The molecule has 3 nitrogen and oxygen atoms in total. The summed E-state index contributed by atoms with van der Waals surface area (Å²) in [6.45, 7) is 1.89. The van der Waals surface area contributed by atoms with Crippen LogP contribution >= 0.6 is 0 Å². The Morgan fingerprint density at radius 2 is 1.27 bits per heavy atom. The van der Waals surface area contributed by atoms with E-state index in [4.69, 9.17) is 9.47 Å². The predicted octanol–water partition coefficient (Wildman–Crippen LogP) is 6.28. The molecule has 0 aliphatic rings. The van der Waals surface area contributed by atoms with Crippen LogP contribution in [0.5, 0.6) is 5.75 Å². The summed E-state index contributed by atoms with van der Waals surface area (Å²) in [5.41, 5.74) is 2.84. The first-order valence-electron chi connectivity index (χ1n) is 10.0. The zero-order valence-corrected chi connectivity index (χ0v) is 17.1. The van der Waals surface area contributed by atoms with Crippen molar-refractivity contribution in [1.82, 2.24) is 0 Å². The van der Waals surface area contributed by atoms with Crippen LogP contribution in [0.4, 0.5) is 0 Å². The van der Waals surface area contributed by atoms with Crippen molar-refractivity contribution in [2.45, 2.75) is 18.9 Å². The second kappa shape index (κ2) is 8.83. The highest BCUT2D eigenvalue weighted by Crippen LogP contribution is 2.30. The van der Waals surface area contributed by atoms with E-state index in [1.165, 1.54) is 0 Å². The van der Waals surface area contributed by atoms with E-state index in [2.05, 4.69) is 0 Å². The van der Waals surface area contributed by atoms with Crippen LogP contribution in [0, 0.1) is 0 Å². The Bertz CT molecular complexity index is 1100. The van der Waals surface area contributed by atoms with Gasteiger partial charge in [-0.3, -0.25) is 4.79 Å². The molecule has 0 radical (unpaired) electrons. The average molecular weight is 396 g/mol. The lowest BCUT2D eigenvalue weighted by molar-refractivity contribution is -0.149. The lowest BCUT2D eigenvalue weighted by atomic mass is 9.97. The fraction of sp³-hybridized carbons (Fsp3) is 0.148. The van der Waals surface area contributed by atoms with Crippen LogP contribution in [-0.2, 0) is 9.53 Å². The lowest BCUT2D eigenvalue weighted by Gasteiger charge is -2.21. The molecule has 3 heteroatoms. The maximum absolute atomic E-state index is 13.1. The highest BCUT2D eigenvalue weighted by atomic mass is 16.5. The molecule has 4 rings (SSSR count). The molecule has 30 heavy (non-hydrogen) atoms. The summed E-state index contributed by atoms with van der Waals surface area (Å²) in [6, 6.07) is 31.7. The van der Waals surface area contributed by atoms with Gasteiger partial charge in [0.15, 0.2) is 6.10 Å². The third-order valence-electron chi connectivity index (χ3n) is 5.36. The smallest absolute Gasteiger partial charge is 0.314 e. The molecule has 0 unspecified atom stereocenters. The number of carbonyl (C=O) groups is 1. The molecule has 0 bridgehead atoms. The summed E-state index contributed by atoms with van der Waals surface area (Å²) in [5, 5.41) is 2.14. The first-order valence-corrected chi connectivity index (χ1v) is 10.0. The van der Waals surface area contributed by atoms with Crippen molar-refractivity contribution in [3.63, 3.8) is 0 Å². The van der Waals surface area contributed by atoms with E-state index < -0.39 is 6.10 Å². The number of carbonyl (C=O) groups excluding carboxylic acids is 1. The molecule has 0 fully saturated rings. The molecular weight excluding hydrogens is 372 g/mol. The first kappa shape index (κ1) is 19.7. The predicted molar refractivity (Wildman–Crippen MR) is 120 cm³/mol. The zero-order chi connectivity index (χ0) is 20.9. The minimum absolute atomic E-state index is 0.249. The summed E-state index contributed by atoms with van der Waals surface area (Å²) < 4.78 is 11.3. The van der Waals surface area contributed by atoms with Gasteiger partial charge in [0, 0.05) is 0 Å². The van der Waals surface area contributed by atoms with Crippen LogP contribution in [-0.4, -0.2) is 13.1 Å². The molecule has 0 saturated carbocycles. The molecule has 150 valence electrons. The van der Waals surface area contributed by atoms with Crippen LogP contribution in [0.1, 0.15) is 35.6 Å². The standard InChI is InChI=1S/C27H24O3/c1-19(22-13-14-24-18-25(29-2)16-15-23(24)17-22)27(28)30-26(20-9-5-3-6-10-20)21-11-7-4-8-12-21/h3-19,26H,1-2H3/t19-/m0/s1. The largest absolute Gasteiger partial charge is 0.497 e. The molecule has 0 aromatic heterocycles. The fourth-order valence-corrected chi connectivity index (χ4v) is 3.58. The SMILES string of the molecule is COc1ccc2cc([C@H](C)C(=O)OC(c3ccccc3)c3ccccc3)ccc2c1. The number of rotatable bonds is 6. The number of esters is 1. The van der Waals surface area contributed by atoms with E-state index in [9.17, 15) is 4.79 Å². The lowest BCUT2D eigenvalue weighted by Crippen LogP contribution is -2.18. The van der Waals surface area contributed by atoms with Crippen molar-refractivity contribution >= 4 is 16.7 Å². The number of hydrogen-bond acceptors (Lipinski definition) is 3. The topological polar surface area (TPSA) is 35.5 Å².